The number of carbonyl (C=O) groups is 2. The van der Waals surface area contributed by atoms with Gasteiger partial charge < -0.3 is 10.2 Å². The molecule has 1 spiro atoms. The lowest BCUT2D eigenvalue weighted by molar-refractivity contribution is -0.140. The van der Waals surface area contributed by atoms with Crippen LogP contribution in [0.15, 0.2) is 0 Å². The van der Waals surface area contributed by atoms with Gasteiger partial charge in [0, 0.05) is 26.1 Å². The van der Waals surface area contributed by atoms with Crippen LogP contribution in [0.3, 0.4) is 0 Å². The van der Waals surface area contributed by atoms with Crippen LogP contribution in [-0.4, -0.2) is 60.4 Å². The Labute approximate surface area is 133 Å². The Morgan fingerprint density at radius 3 is 2.68 bits per heavy atom. The normalized spacial score (nSPS) is 28.9. The molecule has 0 saturated carbocycles. The van der Waals surface area contributed by atoms with E-state index in [-0.39, 0.29) is 17.4 Å². The second kappa shape index (κ2) is 6.57. The summed E-state index contributed by atoms with van der Waals surface area (Å²) in [5.41, 5.74) is 0.129. The van der Waals surface area contributed by atoms with Gasteiger partial charge in [-0.3, -0.25) is 14.5 Å². The maximum atomic E-state index is 12.9. The summed E-state index contributed by atoms with van der Waals surface area (Å²) in [5, 5.41) is 2.96. The fourth-order valence-corrected chi connectivity index (χ4v) is 4.34. The predicted octanol–water partition coefficient (Wildman–Crippen LogP) is 1.38. The number of hydrogen-bond donors (Lipinski definition) is 1. The maximum absolute atomic E-state index is 12.9. The van der Waals surface area contributed by atoms with Crippen molar-refractivity contribution in [2.24, 2.45) is 5.41 Å². The number of hydrogen-bond acceptors (Lipinski definition) is 3. The highest BCUT2D eigenvalue weighted by molar-refractivity contribution is 5.82. The maximum Gasteiger partial charge on any atom is 0.239 e. The third-order valence-electron chi connectivity index (χ3n) is 5.74. The second-order valence-electron chi connectivity index (χ2n) is 7.33. The van der Waals surface area contributed by atoms with E-state index in [4.69, 9.17) is 0 Å². The number of nitrogens with one attached hydrogen (secondary N) is 1. The molecule has 0 aromatic heterocycles. The highest BCUT2D eigenvalue weighted by atomic mass is 16.2. The van der Waals surface area contributed by atoms with E-state index in [1.807, 2.05) is 0 Å². The molecule has 3 aliphatic heterocycles. The zero-order valence-electron chi connectivity index (χ0n) is 13.8. The molecule has 2 amide bonds. The Morgan fingerprint density at radius 1 is 1.27 bits per heavy atom. The summed E-state index contributed by atoms with van der Waals surface area (Å²) >= 11 is 0. The van der Waals surface area contributed by atoms with Gasteiger partial charge in [-0.15, -0.1) is 0 Å². The second-order valence-corrected chi connectivity index (χ2v) is 7.33. The van der Waals surface area contributed by atoms with Crippen LogP contribution in [0.4, 0.5) is 0 Å². The van der Waals surface area contributed by atoms with Crippen molar-refractivity contribution in [3.8, 4) is 0 Å². The molecule has 0 aromatic carbocycles. The number of rotatable bonds is 3. The average molecular weight is 307 g/mol. The van der Waals surface area contributed by atoms with Crippen molar-refractivity contribution in [3.63, 3.8) is 0 Å². The largest absolute Gasteiger partial charge is 0.356 e. The molecule has 5 heteroatoms. The van der Waals surface area contributed by atoms with Gasteiger partial charge >= 0.3 is 0 Å². The third-order valence-corrected chi connectivity index (χ3v) is 5.74. The number of nitrogens with zero attached hydrogens (tertiary/aromatic N) is 2. The summed E-state index contributed by atoms with van der Waals surface area (Å²) in [6, 6.07) is 0.103. The van der Waals surface area contributed by atoms with Crippen LogP contribution in [0.1, 0.15) is 51.9 Å². The van der Waals surface area contributed by atoms with Crippen molar-refractivity contribution >= 4 is 11.8 Å². The molecule has 22 heavy (non-hydrogen) atoms. The van der Waals surface area contributed by atoms with Crippen LogP contribution in [0.25, 0.3) is 0 Å². The van der Waals surface area contributed by atoms with E-state index in [2.05, 4.69) is 22.0 Å². The molecule has 0 aliphatic carbocycles. The molecule has 1 unspecified atom stereocenters. The Balaban J connectivity index is 1.58. The fourth-order valence-electron chi connectivity index (χ4n) is 4.34. The Hall–Kier alpha value is -1.10. The van der Waals surface area contributed by atoms with Crippen molar-refractivity contribution < 1.29 is 9.59 Å². The van der Waals surface area contributed by atoms with Gasteiger partial charge in [0.25, 0.3) is 0 Å². The lowest BCUT2D eigenvalue weighted by Gasteiger charge is -2.42. The zero-order valence-corrected chi connectivity index (χ0v) is 13.8. The molecular formula is C17H29N3O2. The van der Waals surface area contributed by atoms with Gasteiger partial charge in [-0.05, 0) is 50.6 Å². The first-order chi connectivity index (χ1) is 10.6. The lowest BCUT2D eigenvalue weighted by atomic mass is 9.77. The van der Waals surface area contributed by atoms with Crippen LogP contribution in [0, 0.1) is 5.41 Å². The molecule has 3 heterocycles. The van der Waals surface area contributed by atoms with E-state index < -0.39 is 0 Å². The van der Waals surface area contributed by atoms with Gasteiger partial charge in [0.15, 0.2) is 0 Å². The highest BCUT2D eigenvalue weighted by Crippen LogP contribution is 2.37. The smallest absolute Gasteiger partial charge is 0.239 e. The predicted molar refractivity (Wildman–Crippen MR) is 85.4 cm³/mol. The van der Waals surface area contributed by atoms with Gasteiger partial charge in [0.2, 0.25) is 11.8 Å². The average Bonchev–Trinajstić information content (AvgIpc) is 2.89. The summed E-state index contributed by atoms with van der Waals surface area (Å²) in [7, 11) is 0. The molecule has 5 nitrogen and oxygen atoms in total. The molecule has 3 fully saturated rings. The molecule has 3 rings (SSSR count). The number of piperidine rings is 2. The van der Waals surface area contributed by atoms with Crippen molar-refractivity contribution in [2.45, 2.75) is 57.9 Å². The van der Waals surface area contributed by atoms with Gasteiger partial charge in [-0.25, -0.2) is 0 Å². The fraction of sp³-hybridized carbons (Fsp3) is 0.882. The van der Waals surface area contributed by atoms with E-state index in [1.54, 1.807) is 0 Å². The van der Waals surface area contributed by atoms with Crippen LogP contribution >= 0.6 is 0 Å². The molecular weight excluding hydrogens is 278 g/mol. The summed E-state index contributed by atoms with van der Waals surface area (Å²) in [4.78, 5) is 28.9. The van der Waals surface area contributed by atoms with Gasteiger partial charge in [0.1, 0.15) is 0 Å². The standard InChI is InChI=1S/C17H29N3O2/c1-2-8-19-9-4-3-5-14(19)16(22)20-10-6-17(7-11-20)12-15(21)18-13-17/h14H,2-13H2,1H3,(H,18,21). The minimum atomic E-state index is 0.103. The zero-order chi connectivity index (χ0) is 15.6. The Morgan fingerprint density at radius 2 is 2.05 bits per heavy atom. The molecule has 0 aromatic rings. The monoisotopic (exact) mass is 307 g/mol. The molecule has 124 valence electrons. The molecule has 0 radical (unpaired) electrons. The van der Waals surface area contributed by atoms with Crippen LogP contribution in [0.2, 0.25) is 0 Å². The topological polar surface area (TPSA) is 52.7 Å². The van der Waals surface area contributed by atoms with Crippen LogP contribution in [-0.2, 0) is 9.59 Å². The number of amides is 2. The number of carbonyl (C=O) groups excluding carboxylic acids is 2. The summed E-state index contributed by atoms with van der Waals surface area (Å²) in [5.74, 6) is 0.515. The van der Waals surface area contributed by atoms with E-state index in [0.29, 0.717) is 12.3 Å². The summed E-state index contributed by atoms with van der Waals surface area (Å²) in [6.07, 6.45) is 7.12. The molecule has 1 N–H and O–H groups in total. The number of likely N-dealkylation sites (tertiary alicyclic amines) is 2. The molecule has 0 bridgehead atoms. The van der Waals surface area contributed by atoms with E-state index in [1.165, 1.54) is 12.8 Å². The van der Waals surface area contributed by atoms with Crippen molar-refractivity contribution in [1.82, 2.24) is 15.1 Å². The van der Waals surface area contributed by atoms with Crippen LogP contribution < -0.4 is 5.32 Å². The molecule has 3 aliphatic rings. The Bertz CT molecular complexity index is 428. The minimum absolute atomic E-state index is 0.103. The van der Waals surface area contributed by atoms with Crippen molar-refractivity contribution in [2.75, 3.05) is 32.7 Å². The van der Waals surface area contributed by atoms with Crippen molar-refractivity contribution in [3.05, 3.63) is 0 Å². The van der Waals surface area contributed by atoms with E-state index >= 15 is 0 Å². The van der Waals surface area contributed by atoms with E-state index in [0.717, 1.165) is 58.4 Å². The first-order valence-corrected chi connectivity index (χ1v) is 8.93. The first kappa shape index (κ1) is 15.8. The van der Waals surface area contributed by atoms with E-state index in [9.17, 15) is 9.59 Å². The van der Waals surface area contributed by atoms with Gasteiger partial charge in [0.05, 0.1) is 6.04 Å². The SMILES string of the molecule is CCCN1CCCCC1C(=O)N1CCC2(CC1)CNC(=O)C2. The van der Waals surface area contributed by atoms with Gasteiger partial charge in [-0.2, -0.15) is 0 Å². The minimum Gasteiger partial charge on any atom is -0.356 e. The molecule has 3 saturated heterocycles. The summed E-state index contributed by atoms with van der Waals surface area (Å²) in [6.45, 7) is 6.74. The molecule has 1 atom stereocenters. The van der Waals surface area contributed by atoms with Gasteiger partial charge in [-0.1, -0.05) is 13.3 Å². The highest BCUT2D eigenvalue weighted by Gasteiger charge is 2.43. The van der Waals surface area contributed by atoms with Crippen molar-refractivity contribution in [1.29, 1.82) is 0 Å². The van der Waals surface area contributed by atoms with Crippen LogP contribution in [0.5, 0.6) is 0 Å². The lowest BCUT2D eigenvalue weighted by Crippen LogP contribution is -2.54. The quantitative estimate of drug-likeness (QED) is 0.857. The summed E-state index contributed by atoms with van der Waals surface area (Å²) < 4.78 is 0. The first-order valence-electron chi connectivity index (χ1n) is 8.93. The third kappa shape index (κ3) is 3.14. The Kier molecular flexibility index (Phi) is 4.71.